The second-order valence-electron chi connectivity index (χ2n) is 6.63. The molecule has 2 aromatic rings. The van der Waals surface area contributed by atoms with Crippen molar-refractivity contribution >= 4 is 10.0 Å². The highest BCUT2D eigenvalue weighted by Crippen LogP contribution is 2.41. The molecule has 120 valence electrons. The predicted molar refractivity (Wildman–Crippen MR) is 90.7 cm³/mol. The molecule has 2 aliphatic carbocycles. The zero-order valence-electron chi connectivity index (χ0n) is 13.0. The van der Waals surface area contributed by atoms with Crippen LogP contribution in [0.25, 0.3) is 0 Å². The number of rotatable bonds is 5. The summed E-state index contributed by atoms with van der Waals surface area (Å²) in [4.78, 5) is 0.403. The highest BCUT2D eigenvalue weighted by Gasteiger charge is 2.35. The molecule has 0 aromatic heterocycles. The maximum Gasteiger partial charge on any atom is 0.241 e. The summed E-state index contributed by atoms with van der Waals surface area (Å²) in [5.74, 6) is 0.418. The van der Waals surface area contributed by atoms with Crippen molar-refractivity contribution < 1.29 is 8.42 Å². The largest absolute Gasteiger partial charge is 0.241 e. The van der Waals surface area contributed by atoms with Crippen molar-refractivity contribution in [1.29, 1.82) is 0 Å². The number of sulfonamides is 1. The number of hydrogen-bond acceptors (Lipinski definition) is 2. The lowest BCUT2D eigenvalue weighted by Gasteiger charge is -2.19. The van der Waals surface area contributed by atoms with E-state index in [1.54, 1.807) is 6.07 Å². The fourth-order valence-corrected chi connectivity index (χ4v) is 4.82. The minimum Gasteiger partial charge on any atom is -0.207 e. The Morgan fingerprint density at radius 2 is 1.70 bits per heavy atom. The van der Waals surface area contributed by atoms with Gasteiger partial charge in [-0.1, -0.05) is 36.4 Å². The summed E-state index contributed by atoms with van der Waals surface area (Å²) in [6.45, 7) is 0. The van der Waals surface area contributed by atoms with Crippen LogP contribution in [0, 0.1) is 5.92 Å². The summed E-state index contributed by atoms with van der Waals surface area (Å²) in [6, 6.07) is 15.4. The first kappa shape index (κ1) is 14.9. The average molecular weight is 327 g/mol. The van der Waals surface area contributed by atoms with Crippen LogP contribution in [-0.2, 0) is 22.9 Å². The average Bonchev–Trinajstić information content (AvgIpc) is 3.30. The third kappa shape index (κ3) is 3.06. The van der Waals surface area contributed by atoms with Crippen LogP contribution in [0.3, 0.4) is 0 Å². The smallest absolute Gasteiger partial charge is 0.207 e. The van der Waals surface area contributed by atoms with E-state index in [0.29, 0.717) is 10.8 Å². The zero-order chi connectivity index (χ0) is 15.9. The van der Waals surface area contributed by atoms with Crippen LogP contribution in [-0.4, -0.2) is 8.42 Å². The Bertz CT molecular complexity index is 811. The van der Waals surface area contributed by atoms with Gasteiger partial charge in [-0.3, -0.25) is 0 Å². The van der Waals surface area contributed by atoms with Gasteiger partial charge in [0.05, 0.1) is 4.90 Å². The molecule has 1 atom stereocenters. The van der Waals surface area contributed by atoms with Gasteiger partial charge < -0.3 is 0 Å². The SMILES string of the molecule is O=S(=O)(N[C@H](c1ccccc1)C1CC1)c1ccc2c(c1)CCC2. The quantitative estimate of drug-likeness (QED) is 0.912. The molecular formula is C19H21NO2S. The highest BCUT2D eigenvalue weighted by atomic mass is 32.2. The maximum absolute atomic E-state index is 12.8. The number of fused-ring (bicyclic) bond motifs is 1. The number of benzene rings is 2. The van der Waals surface area contributed by atoms with Crippen molar-refractivity contribution in [3.63, 3.8) is 0 Å². The van der Waals surface area contributed by atoms with Crippen LogP contribution in [0.4, 0.5) is 0 Å². The molecule has 3 nitrogen and oxygen atoms in total. The Balaban J connectivity index is 1.63. The molecule has 1 fully saturated rings. The first-order valence-electron chi connectivity index (χ1n) is 8.32. The Morgan fingerprint density at radius 3 is 2.43 bits per heavy atom. The number of nitrogens with one attached hydrogen (secondary N) is 1. The summed E-state index contributed by atoms with van der Waals surface area (Å²) in [5, 5.41) is 0. The normalized spacial score (nSPS) is 18.6. The van der Waals surface area contributed by atoms with Gasteiger partial charge in [0.25, 0.3) is 0 Å². The first-order chi connectivity index (χ1) is 11.1. The van der Waals surface area contributed by atoms with Crippen LogP contribution >= 0.6 is 0 Å². The summed E-state index contributed by atoms with van der Waals surface area (Å²) in [7, 11) is -3.48. The molecule has 4 heteroatoms. The molecule has 2 aliphatic rings. The van der Waals surface area contributed by atoms with E-state index in [4.69, 9.17) is 0 Å². The van der Waals surface area contributed by atoms with Crippen molar-refractivity contribution in [2.24, 2.45) is 5.92 Å². The molecule has 0 unspecified atom stereocenters. The third-order valence-corrected chi connectivity index (χ3v) is 6.35. The molecule has 23 heavy (non-hydrogen) atoms. The molecule has 1 saturated carbocycles. The van der Waals surface area contributed by atoms with E-state index in [9.17, 15) is 8.42 Å². The van der Waals surface area contributed by atoms with E-state index < -0.39 is 10.0 Å². The van der Waals surface area contributed by atoms with Gasteiger partial charge in [-0.2, -0.15) is 0 Å². The van der Waals surface area contributed by atoms with Crippen molar-refractivity contribution in [2.45, 2.75) is 43.0 Å². The van der Waals surface area contributed by atoms with Crippen LogP contribution < -0.4 is 4.72 Å². The van der Waals surface area contributed by atoms with Crippen LogP contribution in [0.2, 0.25) is 0 Å². The fourth-order valence-electron chi connectivity index (χ4n) is 3.48. The van der Waals surface area contributed by atoms with Crippen LogP contribution in [0.1, 0.15) is 42.0 Å². The van der Waals surface area contributed by atoms with Crippen molar-refractivity contribution in [3.05, 3.63) is 65.2 Å². The van der Waals surface area contributed by atoms with Gasteiger partial charge in [0.15, 0.2) is 0 Å². The Kier molecular flexibility index (Phi) is 3.74. The van der Waals surface area contributed by atoms with E-state index in [-0.39, 0.29) is 6.04 Å². The lowest BCUT2D eigenvalue weighted by Crippen LogP contribution is -2.30. The van der Waals surface area contributed by atoms with Gasteiger partial charge in [-0.25, -0.2) is 13.1 Å². The van der Waals surface area contributed by atoms with Crippen LogP contribution in [0.5, 0.6) is 0 Å². The molecule has 0 aliphatic heterocycles. The molecule has 0 heterocycles. The Labute approximate surface area is 137 Å². The van der Waals surface area contributed by atoms with Gasteiger partial charge in [0.2, 0.25) is 10.0 Å². The van der Waals surface area contributed by atoms with E-state index in [0.717, 1.165) is 37.7 Å². The topological polar surface area (TPSA) is 46.2 Å². The fraction of sp³-hybridized carbons (Fsp3) is 0.368. The minimum absolute atomic E-state index is 0.116. The minimum atomic E-state index is -3.48. The summed E-state index contributed by atoms with van der Waals surface area (Å²) >= 11 is 0. The standard InChI is InChI=1S/C19H21NO2S/c21-23(22,18-12-11-14-7-4-8-17(14)13-18)20-19(16-9-10-16)15-5-2-1-3-6-15/h1-3,5-6,11-13,16,19-20H,4,7-10H2/t19-/m1/s1. The second-order valence-corrected chi connectivity index (χ2v) is 8.35. The molecule has 0 amide bonds. The highest BCUT2D eigenvalue weighted by molar-refractivity contribution is 7.89. The Morgan fingerprint density at radius 1 is 0.957 bits per heavy atom. The van der Waals surface area contributed by atoms with Crippen molar-refractivity contribution in [3.8, 4) is 0 Å². The van der Waals surface area contributed by atoms with Gasteiger partial charge in [0, 0.05) is 6.04 Å². The molecule has 1 N–H and O–H groups in total. The third-order valence-electron chi connectivity index (χ3n) is 4.91. The van der Waals surface area contributed by atoms with E-state index in [1.807, 2.05) is 42.5 Å². The molecule has 0 saturated heterocycles. The maximum atomic E-state index is 12.8. The summed E-state index contributed by atoms with van der Waals surface area (Å²) in [6.07, 6.45) is 5.36. The first-order valence-corrected chi connectivity index (χ1v) is 9.81. The molecule has 0 spiro atoms. The van der Waals surface area contributed by atoms with E-state index in [1.165, 1.54) is 11.1 Å². The molecule has 2 aromatic carbocycles. The van der Waals surface area contributed by atoms with Gasteiger partial charge in [-0.05, 0) is 66.8 Å². The monoisotopic (exact) mass is 327 g/mol. The van der Waals surface area contributed by atoms with Gasteiger partial charge in [0.1, 0.15) is 0 Å². The zero-order valence-corrected chi connectivity index (χ0v) is 13.9. The van der Waals surface area contributed by atoms with Crippen molar-refractivity contribution in [2.75, 3.05) is 0 Å². The number of hydrogen-bond donors (Lipinski definition) is 1. The second kappa shape index (κ2) is 5.77. The molecular weight excluding hydrogens is 306 g/mol. The lowest BCUT2D eigenvalue weighted by atomic mass is 10.0. The lowest BCUT2D eigenvalue weighted by molar-refractivity contribution is 0.529. The van der Waals surface area contributed by atoms with Gasteiger partial charge >= 0.3 is 0 Å². The van der Waals surface area contributed by atoms with Crippen molar-refractivity contribution in [1.82, 2.24) is 4.72 Å². The van der Waals surface area contributed by atoms with Crippen LogP contribution in [0.15, 0.2) is 53.4 Å². The van der Waals surface area contributed by atoms with Gasteiger partial charge in [-0.15, -0.1) is 0 Å². The molecule has 4 rings (SSSR count). The summed E-state index contributed by atoms with van der Waals surface area (Å²) in [5.41, 5.74) is 3.54. The Hall–Kier alpha value is -1.65. The predicted octanol–water partition coefficient (Wildman–Crippen LogP) is 3.60. The summed E-state index contributed by atoms with van der Waals surface area (Å²) < 4.78 is 28.6. The van der Waals surface area contributed by atoms with E-state index >= 15 is 0 Å². The molecule has 0 radical (unpaired) electrons. The number of aryl methyl sites for hydroxylation is 2. The van der Waals surface area contributed by atoms with E-state index in [2.05, 4.69) is 4.72 Å². The molecule has 0 bridgehead atoms.